The summed E-state index contributed by atoms with van der Waals surface area (Å²) < 4.78 is 14.7. The maximum atomic E-state index is 13.9. The molecule has 0 aliphatic carbocycles. The highest BCUT2D eigenvalue weighted by molar-refractivity contribution is 9.10. The van der Waals surface area contributed by atoms with Crippen molar-refractivity contribution >= 4 is 27.5 Å². The maximum absolute atomic E-state index is 13.9. The first-order valence-electron chi connectivity index (χ1n) is 5.87. The lowest BCUT2D eigenvalue weighted by atomic mass is 9.94. The molecule has 1 unspecified atom stereocenters. The van der Waals surface area contributed by atoms with E-state index in [-0.39, 0.29) is 5.82 Å². The second-order valence-corrected chi connectivity index (χ2v) is 5.92. The molecule has 0 spiro atoms. The van der Waals surface area contributed by atoms with Gasteiger partial charge in [-0.05, 0) is 54.8 Å². The van der Waals surface area contributed by atoms with Crippen LogP contribution in [0.1, 0.15) is 28.3 Å². The Bertz CT molecular complexity index is 628. The molecule has 0 saturated heterocycles. The van der Waals surface area contributed by atoms with Gasteiger partial charge < -0.3 is 5.73 Å². The van der Waals surface area contributed by atoms with Gasteiger partial charge in [0.25, 0.3) is 0 Å². The molecule has 2 N–H and O–H groups in total. The third-order valence-electron chi connectivity index (χ3n) is 3.18. The summed E-state index contributed by atoms with van der Waals surface area (Å²) in [6.07, 6.45) is 0. The summed E-state index contributed by atoms with van der Waals surface area (Å²) >= 11 is 9.41. The fourth-order valence-corrected chi connectivity index (χ4v) is 2.66. The monoisotopic (exact) mass is 341 g/mol. The van der Waals surface area contributed by atoms with Crippen molar-refractivity contribution in [1.29, 1.82) is 0 Å². The molecule has 0 aliphatic rings. The van der Waals surface area contributed by atoms with Crippen LogP contribution < -0.4 is 5.73 Å². The summed E-state index contributed by atoms with van der Waals surface area (Å²) in [6.45, 7) is 3.84. The summed E-state index contributed by atoms with van der Waals surface area (Å²) in [6, 6.07) is 8.06. The smallest absolute Gasteiger partial charge is 0.128 e. The average molecular weight is 343 g/mol. The first kappa shape index (κ1) is 14.5. The molecule has 100 valence electrons. The van der Waals surface area contributed by atoms with Crippen molar-refractivity contribution in [3.05, 3.63) is 67.9 Å². The van der Waals surface area contributed by atoms with Crippen LogP contribution in [-0.4, -0.2) is 0 Å². The van der Waals surface area contributed by atoms with Crippen LogP contribution in [0.5, 0.6) is 0 Å². The fourth-order valence-electron chi connectivity index (χ4n) is 2.06. The maximum Gasteiger partial charge on any atom is 0.128 e. The number of halogens is 3. The van der Waals surface area contributed by atoms with Gasteiger partial charge in [0.1, 0.15) is 5.82 Å². The third-order valence-corrected chi connectivity index (χ3v) is 4.08. The minimum atomic E-state index is -0.506. The zero-order valence-corrected chi connectivity index (χ0v) is 13.0. The van der Waals surface area contributed by atoms with E-state index < -0.39 is 6.04 Å². The standard InChI is InChI=1S/C15H14BrClFN/c1-8-6-13(17)9(2)5-11(8)15(19)12-7-10(16)3-4-14(12)18/h3-7,15H,19H2,1-2H3. The predicted molar refractivity (Wildman–Crippen MR) is 81.1 cm³/mol. The Balaban J connectivity index is 2.52. The van der Waals surface area contributed by atoms with E-state index in [9.17, 15) is 4.39 Å². The molecule has 0 fully saturated rings. The number of rotatable bonds is 2. The van der Waals surface area contributed by atoms with Crippen molar-refractivity contribution in [2.45, 2.75) is 19.9 Å². The summed E-state index contributed by atoms with van der Waals surface area (Å²) in [7, 11) is 0. The van der Waals surface area contributed by atoms with Crippen molar-refractivity contribution in [2.75, 3.05) is 0 Å². The van der Waals surface area contributed by atoms with E-state index in [1.165, 1.54) is 6.07 Å². The highest BCUT2D eigenvalue weighted by atomic mass is 79.9. The van der Waals surface area contributed by atoms with E-state index in [4.69, 9.17) is 17.3 Å². The molecule has 1 nitrogen and oxygen atoms in total. The SMILES string of the molecule is Cc1cc(C(N)c2cc(Br)ccc2F)c(C)cc1Cl. The Morgan fingerprint density at radius 3 is 2.47 bits per heavy atom. The topological polar surface area (TPSA) is 26.0 Å². The summed E-state index contributed by atoms with van der Waals surface area (Å²) in [4.78, 5) is 0. The van der Waals surface area contributed by atoms with Gasteiger partial charge >= 0.3 is 0 Å². The lowest BCUT2D eigenvalue weighted by Crippen LogP contribution is -2.15. The normalized spacial score (nSPS) is 12.5. The number of aryl methyl sites for hydroxylation is 2. The summed E-state index contributed by atoms with van der Waals surface area (Å²) in [5.74, 6) is -0.303. The van der Waals surface area contributed by atoms with Crippen molar-refractivity contribution in [3.63, 3.8) is 0 Å². The van der Waals surface area contributed by atoms with Crippen LogP contribution >= 0.6 is 27.5 Å². The number of hydrogen-bond donors (Lipinski definition) is 1. The van der Waals surface area contributed by atoms with E-state index in [0.29, 0.717) is 10.6 Å². The molecule has 0 aromatic heterocycles. The van der Waals surface area contributed by atoms with Crippen LogP contribution in [0, 0.1) is 19.7 Å². The van der Waals surface area contributed by atoms with Crippen LogP contribution in [0.2, 0.25) is 5.02 Å². The van der Waals surface area contributed by atoms with E-state index in [0.717, 1.165) is 21.2 Å². The van der Waals surface area contributed by atoms with Crippen LogP contribution in [0.3, 0.4) is 0 Å². The minimum absolute atomic E-state index is 0.303. The molecule has 4 heteroatoms. The van der Waals surface area contributed by atoms with E-state index in [2.05, 4.69) is 15.9 Å². The van der Waals surface area contributed by atoms with Gasteiger partial charge in [0.2, 0.25) is 0 Å². The highest BCUT2D eigenvalue weighted by Crippen LogP contribution is 2.30. The van der Waals surface area contributed by atoms with Gasteiger partial charge in [-0.1, -0.05) is 33.6 Å². The molecular formula is C15H14BrClFN. The van der Waals surface area contributed by atoms with Gasteiger partial charge in [0, 0.05) is 15.1 Å². The zero-order valence-electron chi connectivity index (χ0n) is 10.7. The molecule has 0 amide bonds. The second-order valence-electron chi connectivity index (χ2n) is 4.60. The molecule has 1 atom stereocenters. The fraction of sp³-hybridized carbons (Fsp3) is 0.200. The minimum Gasteiger partial charge on any atom is -0.320 e. The summed E-state index contributed by atoms with van der Waals surface area (Å²) in [5, 5.41) is 0.697. The first-order valence-corrected chi connectivity index (χ1v) is 7.04. The third kappa shape index (κ3) is 2.99. The Morgan fingerprint density at radius 2 is 1.79 bits per heavy atom. The molecule has 2 rings (SSSR count). The molecule has 2 aromatic carbocycles. The lowest BCUT2D eigenvalue weighted by Gasteiger charge is -2.17. The second kappa shape index (κ2) is 5.61. The molecule has 0 heterocycles. The Kier molecular flexibility index (Phi) is 4.29. The van der Waals surface area contributed by atoms with Crippen LogP contribution in [-0.2, 0) is 0 Å². The van der Waals surface area contributed by atoms with Crippen LogP contribution in [0.15, 0.2) is 34.8 Å². The quantitative estimate of drug-likeness (QED) is 0.825. The predicted octanol–water partition coefficient (Wildman–Crippen LogP) is 4.91. The van der Waals surface area contributed by atoms with Crippen molar-refractivity contribution in [2.24, 2.45) is 5.73 Å². The Labute approximate surface area is 125 Å². The van der Waals surface area contributed by atoms with Crippen molar-refractivity contribution in [3.8, 4) is 0 Å². The Morgan fingerprint density at radius 1 is 1.11 bits per heavy atom. The van der Waals surface area contributed by atoms with Crippen molar-refractivity contribution in [1.82, 2.24) is 0 Å². The van der Waals surface area contributed by atoms with Gasteiger partial charge in [0.05, 0.1) is 6.04 Å². The van der Waals surface area contributed by atoms with E-state index in [1.54, 1.807) is 12.1 Å². The molecule has 0 bridgehead atoms. The van der Waals surface area contributed by atoms with Gasteiger partial charge in [-0.25, -0.2) is 4.39 Å². The Hall–Kier alpha value is -0.900. The van der Waals surface area contributed by atoms with Gasteiger partial charge in [0.15, 0.2) is 0 Å². The molecule has 0 aliphatic heterocycles. The van der Waals surface area contributed by atoms with Gasteiger partial charge in [-0.2, -0.15) is 0 Å². The lowest BCUT2D eigenvalue weighted by molar-refractivity contribution is 0.599. The number of nitrogens with two attached hydrogens (primary N) is 1. The number of benzene rings is 2. The highest BCUT2D eigenvalue weighted by Gasteiger charge is 2.17. The first-order chi connectivity index (χ1) is 8.90. The van der Waals surface area contributed by atoms with Crippen LogP contribution in [0.25, 0.3) is 0 Å². The van der Waals surface area contributed by atoms with Gasteiger partial charge in [-0.15, -0.1) is 0 Å². The van der Waals surface area contributed by atoms with E-state index >= 15 is 0 Å². The molecule has 0 saturated carbocycles. The zero-order chi connectivity index (χ0) is 14.2. The molecule has 19 heavy (non-hydrogen) atoms. The molecular weight excluding hydrogens is 329 g/mol. The average Bonchev–Trinajstić information content (AvgIpc) is 2.36. The molecule has 0 radical (unpaired) electrons. The number of hydrogen-bond acceptors (Lipinski definition) is 1. The van der Waals surface area contributed by atoms with Gasteiger partial charge in [-0.3, -0.25) is 0 Å². The van der Waals surface area contributed by atoms with Crippen molar-refractivity contribution < 1.29 is 4.39 Å². The van der Waals surface area contributed by atoms with Crippen LogP contribution in [0.4, 0.5) is 4.39 Å². The largest absolute Gasteiger partial charge is 0.320 e. The summed E-state index contributed by atoms with van der Waals surface area (Å²) in [5.41, 5.74) is 9.46. The van der Waals surface area contributed by atoms with E-state index in [1.807, 2.05) is 26.0 Å². The molecule has 2 aromatic rings.